The molecule has 0 saturated carbocycles. The maximum atomic E-state index is 13.5. The normalized spacial score (nSPS) is 18.2. The van der Waals surface area contributed by atoms with Crippen LogP contribution in [0.3, 0.4) is 0 Å². The Morgan fingerprint density at radius 1 is 1.43 bits per heavy atom. The molecule has 2 heterocycles. The number of hydrogen-bond donors (Lipinski definition) is 0. The molecule has 4 nitrogen and oxygen atoms in total. The first kappa shape index (κ1) is 16.0. The molecular weight excluding hydrogens is 317 g/mol. The quantitative estimate of drug-likeness (QED) is 0.857. The summed E-state index contributed by atoms with van der Waals surface area (Å²) < 4.78 is 15.6. The molecule has 1 saturated heterocycles. The van der Waals surface area contributed by atoms with Gasteiger partial charge >= 0.3 is 0 Å². The zero-order valence-electron chi connectivity index (χ0n) is 13.0. The fourth-order valence-corrected chi connectivity index (χ4v) is 3.40. The van der Waals surface area contributed by atoms with Gasteiger partial charge in [-0.25, -0.2) is 9.37 Å². The van der Waals surface area contributed by atoms with Gasteiger partial charge in [0.25, 0.3) is 5.91 Å². The Labute approximate surface area is 139 Å². The van der Waals surface area contributed by atoms with Crippen molar-refractivity contribution in [2.75, 3.05) is 13.1 Å². The minimum absolute atomic E-state index is 0.175. The molecule has 0 unspecified atom stereocenters. The molecule has 3 rings (SSSR count). The van der Waals surface area contributed by atoms with Gasteiger partial charge in [0, 0.05) is 48.5 Å². The lowest BCUT2D eigenvalue weighted by Crippen LogP contribution is -2.39. The average Bonchev–Trinajstić information content (AvgIpc) is 3.02. The molecule has 0 aliphatic carbocycles. The van der Waals surface area contributed by atoms with Crippen molar-refractivity contribution in [1.82, 2.24) is 14.5 Å². The van der Waals surface area contributed by atoms with Crippen molar-refractivity contribution in [1.29, 1.82) is 0 Å². The first-order chi connectivity index (χ1) is 11.1. The fraction of sp³-hybridized carbons (Fsp3) is 0.412. The number of benzene rings is 1. The Balaban J connectivity index is 1.79. The van der Waals surface area contributed by atoms with Crippen LogP contribution in [0.2, 0.25) is 5.02 Å². The molecule has 6 heteroatoms. The molecule has 1 aliphatic rings. The molecule has 0 radical (unpaired) electrons. The standard InChI is InChI=1S/C17H19ClFN3O/c1-2-21-7-5-20-16(21)12-4-3-6-22(11-12)17(23)13-8-14(18)10-15(19)9-13/h5,7-10,12H,2-4,6,11H2,1H3/t12-/m1/s1. The van der Waals surface area contributed by atoms with E-state index in [9.17, 15) is 9.18 Å². The second kappa shape index (κ2) is 6.71. The average molecular weight is 336 g/mol. The van der Waals surface area contributed by atoms with E-state index < -0.39 is 5.82 Å². The minimum atomic E-state index is -0.490. The highest BCUT2D eigenvalue weighted by Crippen LogP contribution is 2.27. The maximum absolute atomic E-state index is 13.5. The Morgan fingerprint density at radius 2 is 2.26 bits per heavy atom. The molecule has 2 aromatic rings. The highest BCUT2D eigenvalue weighted by molar-refractivity contribution is 6.31. The van der Waals surface area contributed by atoms with Gasteiger partial charge in [-0.3, -0.25) is 4.79 Å². The molecule has 1 aliphatic heterocycles. The third kappa shape index (κ3) is 3.39. The molecule has 1 amide bonds. The van der Waals surface area contributed by atoms with E-state index >= 15 is 0 Å². The predicted molar refractivity (Wildman–Crippen MR) is 87.2 cm³/mol. The number of hydrogen-bond acceptors (Lipinski definition) is 2. The van der Waals surface area contributed by atoms with E-state index in [1.165, 1.54) is 18.2 Å². The van der Waals surface area contributed by atoms with Crippen molar-refractivity contribution >= 4 is 17.5 Å². The number of carbonyl (C=O) groups is 1. The van der Waals surface area contributed by atoms with E-state index in [4.69, 9.17) is 11.6 Å². The lowest BCUT2D eigenvalue weighted by Gasteiger charge is -2.32. The smallest absolute Gasteiger partial charge is 0.254 e. The number of amides is 1. The maximum Gasteiger partial charge on any atom is 0.254 e. The van der Waals surface area contributed by atoms with Crippen molar-refractivity contribution in [3.63, 3.8) is 0 Å². The van der Waals surface area contributed by atoms with E-state index in [1.807, 2.05) is 6.20 Å². The minimum Gasteiger partial charge on any atom is -0.338 e. The van der Waals surface area contributed by atoms with Crippen LogP contribution in [-0.2, 0) is 6.54 Å². The van der Waals surface area contributed by atoms with E-state index in [2.05, 4.69) is 16.5 Å². The molecular formula is C17H19ClFN3O. The van der Waals surface area contributed by atoms with Crippen LogP contribution in [0.4, 0.5) is 4.39 Å². The first-order valence-electron chi connectivity index (χ1n) is 7.85. The Hall–Kier alpha value is -1.88. The molecule has 1 aromatic heterocycles. The summed E-state index contributed by atoms with van der Waals surface area (Å²) in [7, 11) is 0. The van der Waals surface area contributed by atoms with Crippen LogP contribution in [0, 0.1) is 5.82 Å². The van der Waals surface area contributed by atoms with Gasteiger partial charge in [-0.2, -0.15) is 0 Å². The number of piperidine rings is 1. The highest BCUT2D eigenvalue weighted by atomic mass is 35.5. The van der Waals surface area contributed by atoms with Gasteiger partial charge in [0.15, 0.2) is 0 Å². The number of aryl methyl sites for hydroxylation is 1. The number of likely N-dealkylation sites (tertiary alicyclic amines) is 1. The zero-order valence-corrected chi connectivity index (χ0v) is 13.8. The van der Waals surface area contributed by atoms with Gasteiger partial charge in [0.1, 0.15) is 11.6 Å². The van der Waals surface area contributed by atoms with E-state index in [0.29, 0.717) is 18.7 Å². The van der Waals surface area contributed by atoms with Crippen molar-refractivity contribution < 1.29 is 9.18 Å². The topological polar surface area (TPSA) is 38.1 Å². The summed E-state index contributed by atoms with van der Waals surface area (Å²) in [6.45, 7) is 4.21. The van der Waals surface area contributed by atoms with Crippen molar-refractivity contribution in [3.8, 4) is 0 Å². The molecule has 122 valence electrons. The third-order valence-electron chi connectivity index (χ3n) is 4.27. The summed E-state index contributed by atoms with van der Waals surface area (Å²) in [6, 6.07) is 3.96. The van der Waals surface area contributed by atoms with Crippen molar-refractivity contribution in [3.05, 3.63) is 52.8 Å². The monoisotopic (exact) mass is 335 g/mol. The van der Waals surface area contributed by atoms with E-state index in [0.717, 1.165) is 25.2 Å². The predicted octanol–water partition coefficient (Wildman–Crippen LogP) is 3.72. The fourth-order valence-electron chi connectivity index (χ4n) is 3.18. The number of nitrogens with zero attached hydrogens (tertiary/aromatic N) is 3. The van der Waals surface area contributed by atoms with Crippen LogP contribution in [0.5, 0.6) is 0 Å². The van der Waals surface area contributed by atoms with Gasteiger partial charge in [-0.05, 0) is 38.0 Å². The first-order valence-corrected chi connectivity index (χ1v) is 8.22. The van der Waals surface area contributed by atoms with Crippen molar-refractivity contribution in [2.24, 2.45) is 0 Å². The summed E-state index contributed by atoms with van der Waals surface area (Å²) in [4.78, 5) is 18.9. The van der Waals surface area contributed by atoms with Crippen LogP contribution in [0.25, 0.3) is 0 Å². The van der Waals surface area contributed by atoms with Gasteiger partial charge in [-0.15, -0.1) is 0 Å². The number of carbonyl (C=O) groups excluding carboxylic acids is 1. The Bertz CT molecular complexity index is 695. The Morgan fingerprint density at radius 3 is 3.00 bits per heavy atom. The van der Waals surface area contributed by atoms with Gasteiger partial charge in [-0.1, -0.05) is 11.6 Å². The molecule has 23 heavy (non-hydrogen) atoms. The lowest BCUT2D eigenvalue weighted by molar-refractivity contribution is 0.0703. The van der Waals surface area contributed by atoms with Gasteiger partial charge in [0.2, 0.25) is 0 Å². The van der Waals surface area contributed by atoms with Crippen LogP contribution < -0.4 is 0 Å². The molecule has 0 spiro atoms. The summed E-state index contributed by atoms with van der Waals surface area (Å²) in [6.07, 6.45) is 5.68. The van der Waals surface area contributed by atoms with Gasteiger partial charge < -0.3 is 9.47 Å². The number of halogens is 2. The summed E-state index contributed by atoms with van der Waals surface area (Å²) in [5.41, 5.74) is 0.300. The zero-order chi connectivity index (χ0) is 16.4. The number of imidazole rings is 1. The summed E-state index contributed by atoms with van der Waals surface area (Å²) >= 11 is 5.86. The van der Waals surface area contributed by atoms with Gasteiger partial charge in [0.05, 0.1) is 0 Å². The van der Waals surface area contributed by atoms with Crippen LogP contribution in [0.15, 0.2) is 30.6 Å². The van der Waals surface area contributed by atoms with Crippen LogP contribution in [0.1, 0.15) is 41.9 Å². The second-order valence-corrected chi connectivity index (χ2v) is 6.26. The molecule has 1 atom stereocenters. The lowest BCUT2D eigenvalue weighted by atomic mass is 9.96. The van der Waals surface area contributed by atoms with E-state index in [1.54, 1.807) is 11.1 Å². The van der Waals surface area contributed by atoms with Crippen LogP contribution >= 0.6 is 11.6 Å². The molecule has 0 bridgehead atoms. The van der Waals surface area contributed by atoms with Crippen LogP contribution in [-0.4, -0.2) is 33.4 Å². The third-order valence-corrected chi connectivity index (χ3v) is 4.49. The number of aromatic nitrogens is 2. The molecule has 1 fully saturated rings. The summed E-state index contributed by atoms with van der Waals surface area (Å²) in [5, 5.41) is 0.239. The highest BCUT2D eigenvalue weighted by Gasteiger charge is 2.28. The Kier molecular flexibility index (Phi) is 4.66. The number of rotatable bonds is 3. The second-order valence-electron chi connectivity index (χ2n) is 5.82. The summed E-state index contributed by atoms with van der Waals surface area (Å²) in [5.74, 6) is 0.565. The SMILES string of the molecule is CCn1ccnc1[C@@H]1CCCN(C(=O)c2cc(F)cc(Cl)c2)C1. The molecule has 0 N–H and O–H groups in total. The largest absolute Gasteiger partial charge is 0.338 e. The van der Waals surface area contributed by atoms with E-state index in [-0.39, 0.29) is 16.8 Å². The molecule has 1 aromatic carbocycles. The van der Waals surface area contributed by atoms with Crippen molar-refractivity contribution in [2.45, 2.75) is 32.2 Å².